The van der Waals surface area contributed by atoms with Gasteiger partial charge < -0.3 is 14.3 Å². The number of benzene rings is 2. The van der Waals surface area contributed by atoms with E-state index in [1.165, 1.54) is 24.3 Å². The summed E-state index contributed by atoms with van der Waals surface area (Å²) in [6.07, 6.45) is -4.98. The molecule has 184 valence electrons. The van der Waals surface area contributed by atoms with Crippen LogP contribution < -0.4 is 10.2 Å². The Hall–Kier alpha value is -3.00. The van der Waals surface area contributed by atoms with Gasteiger partial charge in [-0.3, -0.25) is 9.69 Å². The second-order valence-electron chi connectivity index (χ2n) is 9.43. The zero-order valence-corrected chi connectivity index (χ0v) is 20.0. The number of hydrogen-bond donors (Lipinski definition) is 1. The lowest BCUT2D eigenvalue weighted by Crippen LogP contribution is -2.31. The monoisotopic (exact) mass is 477 g/mol. The van der Waals surface area contributed by atoms with E-state index in [-0.39, 0.29) is 34.6 Å². The number of phenols is 1. The summed E-state index contributed by atoms with van der Waals surface area (Å²) in [5.41, 5.74) is -0.329. The van der Waals surface area contributed by atoms with Gasteiger partial charge in [0.25, 0.3) is 5.76 Å². The van der Waals surface area contributed by atoms with E-state index in [0.717, 1.165) is 5.56 Å². The molecule has 0 spiro atoms. The normalized spacial score (nSPS) is 12.3. The van der Waals surface area contributed by atoms with Crippen molar-refractivity contribution in [2.45, 2.75) is 47.3 Å². The molecule has 0 fully saturated rings. The summed E-state index contributed by atoms with van der Waals surface area (Å²) < 4.78 is 52.7. The predicted molar refractivity (Wildman–Crippen MR) is 125 cm³/mol. The molecular formula is C26H30F3NO4. The largest absolute Gasteiger partial charge is 0.507 e. The standard InChI is InChI=1S/C26H30F3NO4/c1-15(2)12-30(13-16(3)4)14-20-21(31)10-9-19-22(32)24(25(26(27,28)29)34-23(19)20)33-18-8-6-7-17(5)11-18/h6-11,15-16,31H,12-14H2,1-5H3. The van der Waals surface area contributed by atoms with Crippen molar-refractivity contribution in [2.75, 3.05) is 13.1 Å². The van der Waals surface area contributed by atoms with E-state index >= 15 is 0 Å². The number of aromatic hydroxyl groups is 1. The van der Waals surface area contributed by atoms with Gasteiger partial charge in [0.1, 0.15) is 17.1 Å². The van der Waals surface area contributed by atoms with Crippen LogP contribution in [-0.4, -0.2) is 23.1 Å². The summed E-state index contributed by atoms with van der Waals surface area (Å²) in [7, 11) is 0. The van der Waals surface area contributed by atoms with Crippen molar-refractivity contribution in [1.82, 2.24) is 4.90 Å². The van der Waals surface area contributed by atoms with E-state index in [1.807, 2.05) is 32.6 Å². The van der Waals surface area contributed by atoms with E-state index < -0.39 is 23.1 Å². The summed E-state index contributed by atoms with van der Waals surface area (Å²) in [6.45, 7) is 11.4. The molecule has 3 rings (SSSR count). The molecule has 3 aromatic rings. The first-order valence-electron chi connectivity index (χ1n) is 11.2. The number of phenolic OH excluding ortho intramolecular Hbond substituents is 1. The van der Waals surface area contributed by atoms with E-state index in [9.17, 15) is 23.1 Å². The van der Waals surface area contributed by atoms with Crippen molar-refractivity contribution in [3.8, 4) is 17.2 Å². The average molecular weight is 478 g/mol. The van der Waals surface area contributed by atoms with Gasteiger partial charge in [-0.15, -0.1) is 0 Å². The minimum atomic E-state index is -4.98. The SMILES string of the molecule is Cc1cccc(Oc2c(C(F)(F)F)oc3c(CN(CC(C)C)CC(C)C)c(O)ccc3c2=O)c1. The molecule has 1 N–H and O–H groups in total. The highest BCUT2D eigenvalue weighted by molar-refractivity contribution is 5.83. The Morgan fingerprint density at radius 3 is 2.26 bits per heavy atom. The molecule has 0 aliphatic rings. The highest BCUT2D eigenvalue weighted by Crippen LogP contribution is 2.40. The Balaban J connectivity index is 2.20. The summed E-state index contributed by atoms with van der Waals surface area (Å²) in [6, 6.07) is 8.94. The third kappa shape index (κ3) is 5.91. The Morgan fingerprint density at radius 2 is 1.71 bits per heavy atom. The molecule has 2 aromatic carbocycles. The summed E-state index contributed by atoms with van der Waals surface area (Å²) >= 11 is 0. The topological polar surface area (TPSA) is 62.9 Å². The first-order valence-corrected chi connectivity index (χ1v) is 11.2. The predicted octanol–water partition coefficient (Wildman–Crippen LogP) is 6.73. The number of fused-ring (bicyclic) bond motifs is 1. The third-order valence-electron chi connectivity index (χ3n) is 5.19. The van der Waals surface area contributed by atoms with Gasteiger partial charge in [0.2, 0.25) is 11.2 Å². The Kier molecular flexibility index (Phi) is 7.60. The molecule has 0 atom stereocenters. The first kappa shape index (κ1) is 25.6. The number of rotatable bonds is 8. The maximum absolute atomic E-state index is 14.0. The van der Waals surface area contributed by atoms with Gasteiger partial charge in [-0.25, -0.2) is 0 Å². The molecular weight excluding hydrogens is 447 g/mol. The van der Waals surface area contributed by atoms with Crippen LogP contribution in [-0.2, 0) is 12.7 Å². The fourth-order valence-corrected chi connectivity index (χ4v) is 3.98. The van der Waals surface area contributed by atoms with E-state index in [0.29, 0.717) is 24.9 Å². The Morgan fingerprint density at radius 1 is 1.06 bits per heavy atom. The molecule has 34 heavy (non-hydrogen) atoms. The lowest BCUT2D eigenvalue weighted by molar-refractivity contribution is -0.154. The fourth-order valence-electron chi connectivity index (χ4n) is 3.98. The molecule has 0 aliphatic carbocycles. The number of halogens is 3. The van der Waals surface area contributed by atoms with E-state index in [1.54, 1.807) is 19.1 Å². The molecule has 1 heterocycles. The van der Waals surface area contributed by atoms with Crippen LogP contribution in [0.4, 0.5) is 13.2 Å². The molecule has 1 aromatic heterocycles. The number of nitrogens with zero attached hydrogens (tertiary/aromatic N) is 1. The summed E-state index contributed by atoms with van der Waals surface area (Å²) in [5.74, 6) is -2.00. The lowest BCUT2D eigenvalue weighted by Gasteiger charge is -2.26. The molecule has 0 saturated carbocycles. The van der Waals surface area contributed by atoms with Gasteiger partial charge in [-0.1, -0.05) is 39.8 Å². The van der Waals surface area contributed by atoms with Gasteiger partial charge in [0, 0.05) is 19.6 Å². The molecule has 0 saturated heterocycles. The molecule has 0 amide bonds. The number of aryl methyl sites for hydroxylation is 1. The molecule has 0 bridgehead atoms. The van der Waals surface area contributed by atoms with Crippen LogP contribution in [0.2, 0.25) is 0 Å². The quantitative estimate of drug-likeness (QED) is 0.390. The number of ether oxygens (including phenoxy) is 1. The van der Waals surface area contributed by atoms with Crippen LogP contribution in [0, 0.1) is 18.8 Å². The van der Waals surface area contributed by atoms with Crippen LogP contribution in [0.1, 0.15) is 44.6 Å². The van der Waals surface area contributed by atoms with Gasteiger partial charge in [0.15, 0.2) is 0 Å². The minimum absolute atomic E-state index is 0.0857. The highest BCUT2D eigenvalue weighted by atomic mass is 19.4. The second kappa shape index (κ2) is 10.1. The zero-order chi connectivity index (χ0) is 25.2. The number of hydrogen-bond acceptors (Lipinski definition) is 5. The highest BCUT2D eigenvalue weighted by Gasteiger charge is 2.41. The van der Waals surface area contributed by atoms with Crippen molar-refractivity contribution in [1.29, 1.82) is 0 Å². The Labute approximate surface area is 196 Å². The third-order valence-corrected chi connectivity index (χ3v) is 5.19. The van der Waals surface area contributed by atoms with Crippen LogP contribution in [0.3, 0.4) is 0 Å². The molecule has 0 aliphatic heterocycles. The lowest BCUT2D eigenvalue weighted by atomic mass is 10.1. The van der Waals surface area contributed by atoms with Gasteiger partial charge >= 0.3 is 6.18 Å². The summed E-state index contributed by atoms with van der Waals surface area (Å²) in [5, 5.41) is 10.5. The van der Waals surface area contributed by atoms with Gasteiger partial charge in [0.05, 0.1) is 10.9 Å². The Bertz CT molecular complexity index is 1210. The first-order chi connectivity index (χ1) is 15.9. The average Bonchev–Trinajstić information content (AvgIpc) is 2.70. The van der Waals surface area contributed by atoms with E-state index in [2.05, 4.69) is 0 Å². The van der Waals surface area contributed by atoms with Crippen molar-refractivity contribution in [3.05, 3.63) is 63.5 Å². The fraction of sp³-hybridized carbons (Fsp3) is 0.423. The van der Waals surface area contributed by atoms with Crippen LogP contribution in [0.15, 0.2) is 45.6 Å². The van der Waals surface area contributed by atoms with Gasteiger partial charge in [-0.05, 0) is 48.6 Å². The smallest absolute Gasteiger partial charge is 0.453 e. The van der Waals surface area contributed by atoms with Crippen molar-refractivity contribution in [3.63, 3.8) is 0 Å². The molecule has 0 radical (unpaired) electrons. The molecule has 8 heteroatoms. The van der Waals surface area contributed by atoms with Gasteiger partial charge in [-0.2, -0.15) is 13.2 Å². The van der Waals surface area contributed by atoms with Crippen LogP contribution >= 0.6 is 0 Å². The molecule has 5 nitrogen and oxygen atoms in total. The van der Waals surface area contributed by atoms with Crippen LogP contribution in [0.25, 0.3) is 11.0 Å². The van der Waals surface area contributed by atoms with Crippen LogP contribution in [0.5, 0.6) is 17.2 Å². The molecule has 0 unspecified atom stereocenters. The van der Waals surface area contributed by atoms with Crippen molar-refractivity contribution >= 4 is 11.0 Å². The van der Waals surface area contributed by atoms with E-state index in [4.69, 9.17) is 9.15 Å². The second-order valence-corrected chi connectivity index (χ2v) is 9.43. The minimum Gasteiger partial charge on any atom is -0.507 e. The maximum Gasteiger partial charge on any atom is 0.453 e. The summed E-state index contributed by atoms with van der Waals surface area (Å²) in [4.78, 5) is 15.2. The van der Waals surface area contributed by atoms with Crippen molar-refractivity contribution in [2.24, 2.45) is 11.8 Å². The number of alkyl halides is 3. The van der Waals surface area contributed by atoms with Crippen molar-refractivity contribution < 1.29 is 27.4 Å². The zero-order valence-electron chi connectivity index (χ0n) is 20.0. The maximum atomic E-state index is 14.0.